The lowest BCUT2D eigenvalue weighted by Crippen LogP contribution is -2.39. The van der Waals surface area contributed by atoms with Crippen molar-refractivity contribution in [1.82, 2.24) is 14.5 Å². The summed E-state index contributed by atoms with van der Waals surface area (Å²) in [7, 11) is 1.62. The third-order valence-electron chi connectivity index (χ3n) is 4.11. The van der Waals surface area contributed by atoms with Crippen molar-refractivity contribution in [3.8, 4) is 0 Å². The number of nitrogens with zero attached hydrogens (tertiary/aromatic N) is 3. The van der Waals surface area contributed by atoms with E-state index in [1.807, 2.05) is 4.90 Å². The summed E-state index contributed by atoms with van der Waals surface area (Å²) in [5.41, 5.74) is 0.363. The Morgan fingerprint density at radius 2 is 2.24 bits per heavy atom. The van der Waals surface area contributed by atoms with Crippen molar-refractivity contribution >= 4 is 17.0 Å². The Morgan fingerprint density at radius 1 is 1.48 bits per heavy atom. The quantitative estimate of drug-likeness (QED) is 0.801. The zero-order chi connectivity index (χ0) is 15.1. The molecule has 6 nitrogen and oxygen atoms in total. The second-order valence-electron chi connectivity index (χ2n) is 5.87. The summed E-state index contributed by atoms with van der Waals surface area (Å²) in [6.45, 7) is 5.31. The number of rotatable bonds is 1. The average molecular weight is 289 g/mol. The zero-order valence-electron chi connectivity index (χ0n) is 12.5. The summed E-state index contributed by atoms with van der Waals surface area (Å²) >= 11 is 0. The molecule has 0 radical (unpaired) electrons. The number of likely N-dealkylation sites (tertiary alicyclic amines) is 1. The first kappa shape index (κ1) is 13.9. The fourth-order valence-electron chi connectivity index (χ4n) is 2.98. The molecule has 1 aliphatic heterocycles. The molecular weight excluding hydrogens is 270 g/mol. The van der Waals surface area contributed by atoms with Crippen LogP contribution in [0, 0.1) is 12.8 Å². The van der Waals surface area contributed by atoms with Crippen LogP contribution in [0.1, 0.15) is 35.9 Å². The fourth-order valence-corrected chi connectivity index (χ4v) is 2.98. The molecule has 1 aliphatic rings. The highest BCUT2D eigenvalue weighted by molar-refractivity contribution is 6.06. The highest BCUT2D eigenvalue weighted by Gasteiger charge is 2.28. The molecule has 3 rings (SSSR count). The summed E-state index contributed by atoms with van der Waals surface area (Å²) in [5, 5.41) is 0.292. The van der Waals surface area contributed by atoms with Gasteiger partial charge in [-0.2, -0.15) is 0 Å². The Bertz CT molecular complexity index is 759. The first-order valence-corrected chi connectivity index (χ1v) is 7.23. The van der Waals surface area contributed by atoms with Crippen LogP contribution in [0.4, 0.5) is 0 Å². The molecule has 0 aliphatic carbocycles. The van der Waals surface area contributed by atoms with E-state index in [2.05, 4.69) is 11.9 Å². The first-order chi connectivity index (χ1) is 9.99. The minimum Gasteiger partial charge on any atom is -0.442 e. The molecule has 0 aromatic carbocycles. The summed E-state index contributed by atoms with van der Waals surface area (Å²) in [6, 6.07) is 0. The van der Waals surface area contributed by atoms with Gasteiger partial charge in [0.15, 0.2) is 0 Å². The number of furan rings is 1. The molecule has 0 unspecified atom stereocenters. The van der Waals surface area contributed by atoms with E-state index in [1.165, 1.54) is 10.9 Å². The van der Waals surface area contributed by atoms with Crippen molar-refractivity contribution in [2.75, 3.05) is 13.1 Å². The monoisotopic (exact) mass is 289 g/mol. The number of hydrogen-bond donors (Lipinski definition) is 0. The predicted octanol–water partition coefficient (Wildman–Crippen LogP) is 1.71. The molecule has 6 heteroatoms. The molecule has 0 bridgehead atoms. The minimum atomic E-state index is -0.245. The van der Waals surface area contributed by atoms with Crippen LogP contribution in [0.15, 0.2) is 15.5 Å². The molecular formula is C15H19N3O3. The zero-order valence-corrected chi connectivity index (χ0v) is 12.5. The van der Waals surface area contributed by atoms with Gasteiger partial charge in [-0.05, 0) is 25.7 Å². The molecule has 1 fully saturated rings. The molecule has 0 N–H and O–H groups in total. The van der Waals surface area contributed by atoms with Crippen molar-refractivity contribution in [2.24, 2.45) is 13.0 Å². The lowest BCUT2D eigenvalue weighted by atomic mass is 9.99. The van der Waals surface area contributed by atoms with Gasteiger partial charge < -0.3 is 13.9 Å². The van der Waals surface area contributed by atoms with E-state index in [-0.39, 0.29) is 17.2 Å². The van der Waals surface area contributed by atoms with Crippen LogP contribution in [-0.4, -0.2) is 33.4 Å². The molecule has 2 aromatic heterocycles. The van der Waals surface area contributed by atoms with E-state index in [4.69, 9.17) is 4.42 Å². The normalized spacial score (nSPS) is 19.2. The van der Waals surface area contributed by atoms with Crippen LogP contribution >= 0.6 is 0 Å². The number of carbonyl (C=O) groups excluding carboxylic acids is 1. The number of aryl methyl sites for hydroxylation is 2. The second kappa shape index (κ2) is 5.02. The van der Waals surface area contributed by atoms with E-state index >= 15 is 0 Å². The Labute approximate surface area is 122 Å². The summed E-state index contributed by atoms with van der Waals surface area (Å²) in [4.78, 5) is 31.0. The number of piperidine rings is 1. The molecule has 112 valence electrons. The maximum absolute atomic E-state index is 12.8. The van der Waals surface area contributed by atoms with Crippen molar-refractivity contribution in [2.45, 2.75) is 26.7 Å². The number of aromatic nitrogens is 2. The smallest absolute Gasteiger partial charge is 0.265 e. The Balaban J connectivity index is 2.11. The minimum absolute atomic E-state index is 0.122. The van der Waals surface area contributed by atoms with Gasteiger partial charge in [-0.15, -0.1) is 0 Å². The largest absolute Gasteiger partial charge is 0.442 e. The van der Waals surface area contributed by atoms with Crippen molar-refractivity contribution in [3.05, 3.63) is 28.0 Å². The predicted molar refractivity (Wildman–Crippen MR) is 78.3 cm³/mol. The Morgan fingerprint density at radius 3 is 2.95 bits per heavy atom. The molecule has 21 heavy (non-hydrogen) atoms. The van der Waals surface area contributed by atoms with Gasteiger partial charge >= 0.3 is 0 Å². The van der Waals surface area contributed by atoms with Crippen molar-refractivity contribution < 1.29 is 9.21 Å². The van der Waals surface area contributed by atoms with Crippen LogP contribution < -0.4 is 5.56 Å². The third kappa shape index (κ3) is 2.24. The van der Waals surface area contributed by atoms with Gasteiger partial charge in [-0.1, -0.05) is 6.92 Å². The average Bonchev–Trinajstić information content (AvgIpc) is 2.79. The van der Waals surface area contributed by atoms with Gasteiger partial charge in [0.25, 0.3) is 11.5 Å². The van der Waals surface area contributed by atoms with Gasteiger partial charge in [-0.3, -0.25) is 9.59 Å². The lowest BCUT2D eigenvalue weighted by Gasteiger charge is -2.30. The van der Waals surface area contributed by atoms with E-state index in [9.17, 15) is 9.59 Å². The Hall–Kier alpha value is -2.11. The highest BCUT2D eigenvalue weighted by atomic mass is 16.3. The Kier molecular flexibility index (Phi) is 3.31. The van der Waals surface area contributed by atoms with E-state index in [0.717, 1.165) is 25.9 Å². The number of amides is 1. The molecule has 3 heterocycles. The first-order valence-electron chi connectivity index (χ1n) is 7.23. The maximum Gasteiger partial charge on any atom is 0.265 e. The van der Waals surface area contributed by atoms with Crippen LogP contribution in [-0.2, 0) is 7.05 Å². The highest BCUT2D eigenvalue weighted by Crippen LogP contribution is 2.25. The third-order valence-corrected chi connectivity index (χ3v) is 4.11. The topological polar surface area (TPSA) is 68.3 Å². The molecule has 0 spiro atoms. The van der Waals surface area contributed by atoms with Gasteiger partial charge in [0.2, 0.25) is 5.71 Å². The van der Waals surface area contributed by atoms with E-state index in [1.54, 1.807) is 14.0 Å². The standard InChI is InChI=1S/C15H19N3O3/c1-9-5-4-6-18(7-9)15(20)11-10(2)21-13-12(11)14(19)17(3)8-16-13/h8-9H,4-7H2,1-3H3/t9-/m0/s1. The molecule has 2 aromatic rings. The van der Waals surface area contributed by atoms with Gasteiger partial charge in [0, 0.05) is 20.1 Å². The van der Waals surface area contributed by atoms with Crippen molar-refractivity contribution in [1.29, 1.82) is 0 Å². The lowest BCUT2D eigenvalue weighted by molar-refractivity contribution is 0.0683. The molecule has 1 saturated heterocycles. The fraction of sp³-hybridized carbons (Fsp3) is 0.533. The van der Waals surface area contributed by atoms with Crippen LogP contribution in [0.5, 0.6) is 0 Å². The van der Waals surface area contributed by atoms with Gasteiger partial charge in [0.1, 0.15) is 17.5 Å². The number of hydrogen-bond acceptors (Lipinski definition) is 4. The molecule has 1 atom stereocenters. The van der Waals surface area contributed by atoms with Gasteiger partial charge in [-0.25, -0.2) is 4.98 Å². The summed E-state index contributed by atoms with van der Waals surface area (Å²) in [5.74, 6) is 0.828. The van der Waals surface area contributed by atoms with Gasteiger partial charge in [0.05, 0.1) is 5.56 Å². The summed E-state index contributed by atoms with van der Waals surface area (Å²) < 4.78 is 6.87. The second-order valence-corrected chi connectivity index (χ2v) is 5.87. The SMILES string of the molecule is Cc1oc2ncn(C)c(=O)c2c1C(=O)N1CCC[C@H](C)C1. The van der Waals surface area contributed by atoms with Crippen molar-refractivity contribution in [3.63, 3.8) is 0 Å². The maximum atomic E-state index is 12.8. The van der Waals surface area contributed by atoms with E-state index < -0.39 is 0 Å². The van der Waals surface area contributed by atoms with E-state index in [0.29, 0.717) is 22.6 Å². The number of fused-ring (bicyclic) bond motifs is 1. The van der Waals surface area contributed by atoms with Crippen LogP contribution in [0.2, 0.25) is 0 Å². The number of carbonyl (C=O) groups is 1. The molecule has 0 saturated carbocycles. The van der Waals surface area contributed by atoms with Crippen LogP contribution in [0.3, 0.4) is 0 Å². The van der Waals surface area contributed by atoms with Crippen LogP contribution in [0.25, 0.3) is 11.1 Å². The summed E-state index contributed by atoms with van der Waals surface area (Å²) in [6.07, 6.45) is 3.54. The molecule has 1 amide bonds.